The number of thioether (sulfide) groups is 1. The predicted octanol–water partition coefficient (Wildman–Crippen LogP) is 3.67. The van der Waals surface area contributed by atoms with Crippen molar-refractivity contribution in [2.75, 3.05) is 0 Å². The maximum atomic E-state index is 6.71. The van der Waals surface area contributed by atoms with Gasteiger partial charge < -0.3 is 5.41 Å². The van der Waals surface area contributed by atoms with Gasteiger partial charge in [0.05, 0.1) is 5.55 Å². The van der Waals surface area contributed by atoms with Crippen molar-refractivity contribution >= 4 is 17.3 Å². The molecule has 2 heteroatoms. The van der Waals surface area contributed by atoms with Crippen molar-refractivity contribution in [3.05, 3.63) is 11.0 Å². The van der Waals surface area contributed by atoms with Crippen molar-refractivity contribution in [2.24, 2.45) is 0 Å². The lowest BCUT2D eigenvalue weighted by Crippen LogP contribution is -1.64. The van der Waals surface area contributed by atoms with Gasteiger partial charge >= 0.3 is 0 Å². The molecule has 1 nitrogen and oxygen atoms in total. The molecule has 0 spiro atoms. The van der Waals surface area contributed by atoms with Crippen LogP contribution in [0.3, 0.4) is 0 Å². The zero-order chi connectivity index (χ0) is 8.41. The van der Waals surface area contributed by atoms with Crippen LogP contribution >= 0.6 is 11.8 Å². The quantitative estimate of drug-likeness (QED) is 0.493. The minimum absolute atomic E-state index is 1.06. The molecule has 0 aromatic carbocycles. The Morgan fingerprint density at radius 1 is 1.50 bits per heavy atom. The third-order valence-electron chi connectivity index (χ3n) is 0.736. The minimum atomic E-state index is 1.06. The number of hydrogen-bond donors (Lipinski definition) is 1. The molecule has 0 radical (unpaired) electrons. The van der Waals surface area contributed by atoms with Crippen LogP contribution in [0.4, 0.5) is 0 Å². The molecule has 0 atom stereocenters. The van der Waals surface area contributed by atoms with Gasteiger partial charge in [-0.05, 0) is 18.2 Å². The summed E-state index contributed by atoms with van der Waals surface area (Å²) in [5.41, 5.74) is 1.35. The summed E-state index contributed by atoms with van der Waals surface area (Å²) in [6.07, 6.45) is 3.17. The van der Waals surface area contributed by atoms with Gasteiger partial charge in [0.1, 0.15) is 0 Å². The van der Waals surface area contributed by atoms with E-state index in [-0.39, 0.29) is 0 Å². The Kier molecular flexibility index (Phi) is 14.4. The highest BCUT2D eigenvalue weighted by atomic mass is 32.2. The van der Waals surface area contributed by atoms with Gasteiger partial charge in [-0.1, -0.05) is 38.6 Å². The van der Waals surface area contributed by atoms with Gasteiger partial charge in [0, 0.05) is 0 Å². The highest BCUT2D eigenvalue weighted by Crippen LogP contribution is 2.10. The van der Waals surface area contributed by atoms with E-state index in [1.807, 2.05) is 20.8 Å². The molecule has 0 aromatic heterocycles. The summed E-state index contributed by atoms with van der Waals surface area (Å²) >= 11 is 1.46. The van der Waals surface area contributed by atoms with Crippen LogP contribution in [0.2, 0.25) is 0 Å². The smallest absolute Gasteiger partial charge is 0.0551 e. The van der Waals surface area contributed by atoms with E-state index in [0.717, 1.165) is 6.42 Å². The molecule has 0 rings (SSSR count). The van der Waals surface area contributed by atoms with Crippen LogP contribution in [0.5, 0.6) is 0 Å². The molecule has 0 aliphatic rings. The Hall–Kier alpha value is -0.240. The van der Waals surface area contributed by atoms with Crippen LogP contribution in [0.1, 0.15) is 34.1 Å². The predicted molar refractivity (Wildman–Crippen MR) is 51.8 cm³/mol. The largest absolute Gasteiger partial charge is 0.302 e. The molecule has 0 bridgehead atoms. The fraction of sp³-hybridized carbons (Fsp3) is 0.625. The minimum Gasteiger partial charge on any atom is -0.302 e. The summed E-state index contributed by atoms with van der Waals surface area (Å²) in [4.78, 5) is 1.21. The Bertz CT molecular complexity index is 97.4. The number of allylic oxidation sites excluding steroid dienone is 2. The van der Waals surface area contributed by atoms with E-state index in [2.05, 4.69) is 13.0 Å². The molecular weight excluding hydrogens is 142 g/mol. The third-order valence-corrected chi connectivity index (χ3v) is 1.39. The molecule has 0 unspecified atom stereocenters. The van der Waals surface area contributed by atoms with E-state index in [1.54, 1.807) is 0 Å². The average Bonchev–Trinajstić information content (AvgIpc) is 1.93. The Labute approximate surface area is 68.4 Å². The average molecular weight is 159 g/mol. The fourth-order valence-electron chi connectivity index (χ4n) is 0.429. The van der Waals surface area contributed by atoms with Gasteiger partial charge in [-0.25, -0.2) is 0 Å². The molecule has 0 heterocycles. The molecule has 0 saturated carbocycles. The van der Waals surface area contributed by atoms with Crippen molar-refractivity contribution in [1.29, 1.82) is 5.41 Å². The van der Waals surface area contributed by atoms with E-state index in [0.29, 0.717) is 0 Å². The Balaban J connectivity index is 0. The van der Waals surface area contributed by atoms with Crippen LogP contribution in [0, 0.1) is 5.41 Å². The first-order valence-corrected chi connectivity index (χ1v) is 4.51. The maximum Gasteiger partial charge on any atom is 0.0551 e. The van der Waals surface area contributed by atoms with Crippen LogP contribution in [-0.2, 0) is 0 Å². The molecule has 0 aliphatic heterocycles. The molecule has 60 valence electrons. The summed E-state index contributed by atoms with van der Waals surface area (Å²) < 4.78 is 0. The Morgan fingerprint density at radius 2 is 2.00 bits per heavy atom. The van der Waals surface area contributed by atoms with Crippen molar-refractivity contribution in [3.8, 4) is 0 Å². The molecule has 0 aromatic rings. The molecule has 0 fully saturated rings. The van der Waals surface area contributed by atoms with Crippen molar-refractivity contribution in [3.63, 3.8) is 0 Å². The van der Waals surface area contributed by atoms with Crippen molar-refractivity contribution < 1.29 is 0 Å². The van der Waals surface area contributed by atoms with E-state index in [1.165, 1.54) is 22.2 Å². The van der Waals surface area contributed by atoms with Crippen LogP contribution < -0.4 is 0 Å². The molecule has 10 heavy (non-hydrogen) atoms. The SMILES string of the molecule is CC.CC/C=C(/C)SC=N. The molecule has 0 saturated heterocycles. The topological polar surface area (TPSA) is 23.9 Å². The lowest BCUT2D eigenvalue weighted by Gasteiger charge is -1.88. The molecular formula is C8H17NS. The number of rotatable bonds is 3. The van der Waals surface area contributed by atoms with Crippen LogP contribution in [0.25, 0.3) is 0 Å². The second-order valence-electron chi connectivity index (χ2n) is 1.46. The van der Waals surface area contributed by atoms with Crippen LogP contribution in [-0.4, -0.2) is 5.55 Å². The summed E-state index contributed by atoms with van der Waals surface area (Å²) in [5.74, 6) is 0. The first-order valence-electron chi connectivity index (χ1n) is 3.63. The van der Waals surface area contributed by atoms with Gasteiger partial charge in [0.2, 0.25) is 0 Å². The second-order valence-corrected chi connectivity index (χ2v) is 2.57. The maximum absolute atomic E-state index is 6.71. The first kappa shape index (κ1) is 12.4. The third kappa shape index (κ3) is 10.7. The zero-order valence-electron chi connectivity index (χ0n) is 7.27. The Morgan fingerprint density at radius 3 is 2.30 bits per heavy atom. The summed E-state index contributed by atoms with van der Waals surface area (Å²) in [5, 5.41) is 6.71. The highest BCUT2D eigenvalue weighted by Gasteiger charge is 1.80. The van der Waals surface area contributed by atoms with Crippen molar-refractivity contribution in [2.45, 2.75) is 34.1 Å². The number of hydrogen-bond acceptors (Lipinski definition) is 2. The van der Waals surface area contributed by atoms with Gasteiger partial charge in [0.25, 0.3) is 0 Å². The van der Waals surface area contributed by atoms with Gasteiger partial charge in [-0.2, -0.15) is 0 Å². The molecule has 0 aliphatic carbocycles. The van der Waals surface area contributed by atoms with E-state index in [4.69, 9.17) is 5.41 Å². The zero-order valence-corrected chi connectivity index (χ0v) is 8.09. The van der Waals surface area contributed by atoms with E-state index < -0.39 is 0 Å². The summed E-state index contributed by atoms with van der Waals surface area (Å²) in [6, 6.07) is 0. The van der Waals surface area contributed by atoms with Crippen LogP contribution in [0.15, 0.2) is 11.0 Å². The number of nitrogens with one attached hydrogen (secondary N) is 1. The lowest BCUT2D eigenvalue weighted by atomic mass is 10.4. The standard InChI is InChI=1S/C6H11NS.C2H6/c1-3-4-6(2)8-5-7;1-2/h4-5,7H,3H2,1-2H3;1-2H3/b6-4-,7-5?;. The first-order chi connectivity index (χ1) is 4.81. The van der Waals surface area contributed by atoms with Gasteiger partial charge in [0.15, 0.2) is 0 Å². The fourth-order valence-corrected chi connectivity index (χ4v) is 0.877. The highest BCUT2D eigenvalue weighted by molar-refractivity contribution is 8.15. The normalized spacial score (nSPS) is 9.80. The summed E-state index contributed by atoms with van der Waals surface area (Å²) in [6.45, 7) is 8.10. The van der Waals surface area contributed by atoms with E-state index in [9.17, 15) is 0 Å². The van der Waals surface area contributed by atoms with Gasteiger partial charge in [-0.15, -0.1) is 0 Å². The lowest BCUT2D eigenvalue weighted by molar-refractivity contribution is 1.21. The second kappa shape index (κ2) is 11.5. The van der Waals surface area contributed by atoms with Gasteiger partial charge in [-0.3, -0.25) is 0 Å². The van der Waals surface area contributed by atoms with Crippen molar-refractivity contribution in [1.82, 2.24) is 0 Å². The summed E-state index contributed by atoms with van der Waals surface area (Å²) in [7, 11) is 0. The van der Waals surface area contributed by atoms with E-state index >= 15 is 0 Å². The monoisotopic (exact) mass is 159 g/mol. The molecule has 1 N–H and O–H groups in total. The molecule has 0 amide bonds.